The van der Waals surface area contributed by atoms with Crippen LogP contribution in [0, 0.1) is 23.7 Å². The highest BCUT2D eigenvalue weighted by atomic mass is 19.4. The second-order valence-electron chi connectivity index (χ2n) is 16.2. The summed E-state index contributed by atoms with van der Waals surface area (Å²) in [5, 5.41) is 13.7. The van der Waals surface area contributed by atoms with Crippen LogP contribution in [-0.2, 0) is 27.0 Å². The number of benzene rings is 1. The van der Waals surface area contributed by atoms with E-state index in [1.54, 1.807) is 52.3 Å². The number of hydrogen-bond acceptors (Lipinski definition) is 9. The van der Waals surface area contributed by atoms with Crippen LogP contribution >= 0.6 is 0 Å². The number of alkyl halides is 3. The number of nitrogens with zero attached hydrogens (tertiary/aromatic N) is 6. The summed E-state index contributed by atoms with van der Waals surface area (Å²) in [5.41, 5.74) is -2.90. The van der Waals surface area contributed by atoms with Gasteiger partial charge in [0.2, 0.25) is 11.9 Å². The Kier molecular flexibility index (Phi) is 9.56. The largest absolute Gasteiger partial charge is 0.490 e. The predicted molar refractivity (Wildman–Crippen MR) is 200 cm³/mol. The van der Waals surface area contributed by atoms with E-state index in [1.807, 2.05) is 0 Å². The molecule has 2 aliphatic heterocycles. The number of morpholine rings is 1. The number of carboxylic acid groups (broad SMARTS) is 1. The fourth-order valence-electron chi connectivity index (χ4n) is 10.4. The van der Waals surface area contributed by atoms with Crippen molar-refractivity contribution in [2.75, 3.05) is 44.3 Å². The lowest BCUT2D eigenvalue weighted by atomic mass is 9.48. The third-order valence-corrected chi connectivity index (χ3v) is 12.9. The fourth-order valence-corrected chi connectivity index (χ4v) is 10.4. The molecule has 6 aliphatic rings. The minimum absolute atomic E-state index is 0.0480. The van der Waals surface area contributed by atoms with Gasteiger partial charge in [0.1, 0.15) is 23.9 Å². The van der Waals surface area contributed by atoms with Crippen LogP contribution in [0.3, 0.4) is 0 Å². The maximum atomic E-state index is 14.9. The maximum Gasteiger partial charge on any atom is 0.434 e. The minimum atomic E-state index is -5.03. The van der Waals surface area contributed by atoms with Crippen LogP contribution in [0.4, 0.5) is 19.1 Å². The number of anilines is 1. The molecular weight excluding hydrogens is 743 g/mol. The van der Waals surface area contributed by atoms with Crippen molar-refractivity contribution in [1.82, 2.24) is 29.7 Å². The number of amides is 2. The molecule has 300 valence electrons. The Labute approximate surface area is 326 Å². The van der Waals surface area contributed by atoms with E-state index in [9.17, 15) is 32.7 Å². The molecule has 0 atom stereocenters. The number of carboxylic acids is 1. The first-order valence-corrected chi connectivity index (χ1v) is 19.8. The number of hydrogen-bond donors (Lipinski definition) is 2. The molecule has 57 heavy (non-hydrogen) atoms. The second-order valence-corrected chi connectivity index (χ2v) is 16.2. The maximum absolute atomic E-state index is 14.9. The molecule has 1 aromatic carbocycles. The van der Waals surface area contributed by atoms with Crippen molar-refractivity contribution >= 4 is 34.6 Å². The molecule has 0 spiro atoms. The standard InChI is InChI=1S/C41H44F3N7O6/c42-41(43,44)36-31(37(53)48-40(38(54)55)26-17-24-16-25(19-26)20-27(40)18-24)4-5-33(47-36)32-22-51(23-35(52)49-12-14-56-15-13-49)34-21-29(2-3-30(32)34)57-28-6-10-50(11-7-28)39-45-8-1-9-46-39/h1-5,8-9,21-22,24-28H,6-7,10-20,23H2,(H,48,53)(H,54,55). The molecule has 2 saturated heterocycles. The third-order valence-electron chi connectivity index (χ3n) is 12.9. The molecule has 4 saturated carbocycles. The first-order chi connectivity index (χ1) is 27.5. The Morgan fingerprint density at radius 2 is 1.61 bits per heavy atom. The number of piperidine rings is 1. The zero-order valence-corrected chi connectivity index (χ0v) is 31.3. The zero-order valence-electron chi connectivity index (χ0n) is 31.3. The van der Waals surface area contributed by atoms with Gasteiger partial charge >= 0.3 is 12.1 Å². The van der Waals surface area contributed by atoms with Crippen molar-refractivity contribution in [3.63, 3.8) is 0 Å². The van der Waals surface area contributed by atoms with Gasteiger partial charge in [0.15, 0.2) is 5.69 Å². The van der Waals surface area contributed by atoms with Gasteiger partial charge in [-0.25, -0.2) is 19.7 Å². The van der Waals surface area contributed by atoms with Crippen molar-refractivity contribution in [1.29, 1.82) is 0 Å². The molecule has 16 heteroatoms. The molecule has 6 fully saturated rings. The summed E-state index contributed by atoms with van der Waals surface area (Å²) in [5.74, 6) is -1.17. The second kappa shape index (κ2) is 14.6. The number of pyridine rings is 1. The van der Waals surface area contributed by atoms with Gasteiger partial charge in [0.25, 0.3) is 5.91 Å². The van der Waals surface area contributed by atoms with Crippen molar-refractivity contribution in [3.05, 3.63) is 66.2 Å². The van der Waals surface area contributed by atoms with Crippen molar-refractivity contribution < 1.29 is 42.1 Å². The molecule has 2 amide bonds. The van der Waals surface area contributed by atoms with E-state index in [-0.39, 0.29) is 36.1 Å². The van der Waals surface area contributed by atoms with E-state index in [0.717, 1.165) is 25.3 Å². The molecule has 5 heterocycles. The van der Waals surface area contributed by atoms with Gasteiger partial charge in [0, 0.05) is 74.6 Å². The number of aliphatic carboxylic acids is 1. The summed E-state index contributed by atoms with van der Waals surface area (Å²) in [7, 11) is 0. The molecule has 2 N–H and O–H groups in total. The first-order valence-electron chi connectivity index (χ1n) is 19.8. The minimum Gasteiger partial charge on any atom is -0.490 e. The Bertz CT molecular complexity index is 2150. The van der Waals surface area contributed by atoms with Crippen LogP contribution in [0.5, 0.6) is 5.75 Å². The topological polar surface area (TPSA) is 152 Å². The highest BCUT2D eigenvalue weighted by Crippen LogP contribution is 2.58. The number of aromatic nitrogens is 4. The molecule has 13 nitrogen and oxygen atoms in total. The van der Waals surface area contributed by atoms with Gasteiger partial charge in [-0.3, -0.25) is 9.59 Å². The van der Waals surface area contributed by atoms with Crippen LogP contribution in [0.15, 0.2) is 55.0 Å². The zero-order chi connectivity index (χ0) is 39.5. The Morgan fingerprint density at radius 3 is 2.26 bits per heavy atom. The van der Waals surface area contributed by atoms with E-state index in [1.165, 1.54) is 6.07 Å². The lowest BCUT2D eigenvalue weighted by Gasteiger charge is -2.59. The summed E-state index contributed by atoms with van der Waals surface area (Å²) in [4.78, 5) is 56.8. The lowest BCUT2D eigenvalue weighted by molar-refractivity contribution is -0.163. The fraction of sp³-hybridized carbons (Fsp3) is 0.512. The van der Waals surface area contributed by atoms with Crippen LogP contribution in [0.1, 0.15) is 61.0 Å². The van der Waals surface area contributed by atoms with Gasteiger partial charge in [-0.1, -0.05) is 0 Å². The number of carbonyl (C=O) groups is 3. The van der Waals surface area contributed by atoms with Gasteiger partial charge in [-0.15, -0.1) is 0 Å². The number of halogens is 3. The summed E-state index contributed by atoms with van der Waals surface area (Å²) in [6.07, 6.45) is 4.91. The predicted octanol–water partition coefficient (Wildman–Crippen LogP) is 5.43. The highest BCUT2D eigenvalue weighted by molar-refractivity contribution is 6.01. The summed E-state index contributed by atoms with van der Waals surface area (Å²) in [6.45, 7) is 3.00. The monoisotopic (exact) mass is 787 g/mol. The molecule has 4 aliphatic carbocycles. The smallest absolute Gasteiger partial charge is 0.434 e. The highest BCUT2D eigenvalue weighted by Gasteiger charge is 2.62. The number of rotatable bonds is 9. The molecule has 0 radical (unpaired) electrons. The van der Waals surface area contributed by atoms with Gasteiger partial charge in [0.05, 0.1) is 30.0 Å². The molecule has 4 bridgehead atoms. The summed E-state index contributed by atoms with van der Waals surface area (Å²) < 4.78 is 58.1. The first kappa shape index (κ1) is 37.3. The normalized spacial score (nSPS) is 26.2. The molecular formula is C41H44F3N7O6. The van der Waals surface area contributed by atoms with Crippen LogP contribution in [0.25, 0.3) is 22.2 Å². The SMILES string of the molecule is O=C(NC1(C(=O)O)C2CC3CC(C2)CC1C3)c1ccc(-c2cn(CC(=O)N3CCOCC3)c3cc(OC4CCN(c5ncccn5)CC4)ccc23)nc1C(F)(F)F. The van der Waals surface area contributed by atoms with E-state index in [4.69, 9.17) is 9.47 Å². The van der Waals surface area contributed by atoms with E-state index in [2.05, 4.69) is 25.2 Å². The van der Waals surface area contributed by atoms with Crippen LogP contribution in [-0.4, -0.2) is 98.3 Å². The summed E-state index contributed by atoms with van der Waals surface area (Å²) in [6, 6.07) is 9.51. The molecule has 10 rings (SSSR count). The van der Waals surface area contributed by atoms with E-state index >= 15 is 0 Å². The van der Waals surface area contributed by atoms with Crippen molar-refractivity contribution in [2.24, 2.45) is 23.7 Å². The van der Waals surface area contributed by atoms with Crippen LogP contribution < -0.4 is 15.0 Å². The Balaban J connectivity index is 1.02. The summed E-state index contributed by atoms with van der Waals surface area (Å²) >= 11 is 0. The van der Waals surface area contributed by atoms with E-state index in [0.29, 0.717) is 105 Å². The number of ether oxygens (including phenoxy) is 2. The average Bonchev–Trinajstić information content (AvgIpc) is 3.56. The van der Waals surface area contributed by atoms with Gasteiger partial charge < -0.3 is 34.3 Å². The van der Waals surface area contributed by atoms with Gasteiger partial charge in [-0.05, 0) is 86.1 Å². The Morgan fingerprint density at radius 1 is 0.930 bits per heavy atom. The quantitative estimate of drug-likeness (QED) is 0.225. The van der Waals surface area contributed by atoms with Crippen molar-refractivity contribution in [2.45, 2.75) is 69.3 Å². The number of fused-ring (bicyclic) bond motifs is 1. The third kappa shape index (κ3) is 6.95. The van der Waals surface area contributed by atoms with Crippen molar-refractivity contribution in [3.8, 4) is 17.0 Å². The van der Waals surface area contributed by atoms with Gasteiger partial charge in [-0.2, -0.15) is 13.2 Å². The molecule has 3 aromatic heterocycles. The Hall–Kier alpha value is -5.25. The molecule has 0 unspecified atom stereocenters. The number of carbonyl (C=O) groups excluding carboxylic acids is 2. The van der Waals surface area contributed by atoms with Crippen LogP contribution in [0.2, 0.25) is 0 Å². The lowest BCUT2D eigenvalue weighted by Crippen LogP contribution is -2.70. The number of nitrogens with one attached hydrogen (secondary N) is 1. The van der Waals surface area contributed by atoms with E-state index < -0.39 is 34.8 Å². The molecule has 4 aromatic rings. The average molecular weight is 788 g/mol.